The summed E-state index contributed by atoms with van der Waals surface area (Å²) in [5.74, 6) is -1.03. The third-order valence-electron chi connectivity index (χ3n) is 3.03. The average molecular weight is 314 g/mol. The topological polar surface area (TPSA) is 95.9 Å². The van der Waals surface area contributed by atoms with Gasteiger partial charge in [0.2, 0.25) is 0 Å². The second-order valence-electron chi connectivity index (χ2n) is 5.97. The van der Waals surface area contributed by atoms with Crippen LogP contribution in [-0.4, -0.2) is 50.7 Å². The number of carboxylic acid groups (broad SMARTS) is 1. The molecule has 0 aromatic heterocycles. The zero-order valence-corrected chi connectivity index (χ0v) is 13.1. The SMILES string of the molecule is CC1=C(C(=O)O)N2C(=O)[C@@H](NC(=O)OC(C)(C)C)[C@H]2SC1. The number of hydrogen-bond donors (Lipinski definition) is 2. The van der Waals surface area contributed by atoms with E-state index in [1.54, 1.807) is 27.7 Å². The Kier molecular flexibility index (Phi) is 3.92. The minimum atomic E-state index is -1.12. The third-order valence-corrected chi connectivity index (χ3v) is 4.46. The van der Waals surface area contributed by atoms with Gasteiger partial charge in [0.05, 0.1) is 0 Å². The number of β-lactam (4-membered cyclic amide) rings is 1. The number of alkyl carbamates (subject to hydrolysis) is 1. The zero-order chi connectivity index (χ0) is 15.9. The van der Waals surface area contributed by atoms with Crippen LogP contribution in [0.1, 0.15) is 27.7 Å². The molecule has 2 amide bonds. The van der Waals surface area contributed by atoms with Crippen molar-refractivity contribution in [3.8, 4) is 0 Å². The van der Waals surface area contributed by atoms with Gasteiger partial charge in [-0.15, -0.1) is 11.8 Å². The van der Waals surface area contributed by atoms with Crippen molar-refractivity contribution in [2.45, 2.75) is 44.7 Å². The third kappa shape index (κ3) is 2.99. The minimum absolute atomic E-state index is 0.0194. The molecule has 0 saturated carbocycles. The Hall–Kier alpha value is -1.70. The normalized spacial score (nSPS) is 25.1. The molecule has 0 aromatic rings. The predicted octanol–water partition coefficient (Wildman–Crippen LogP) is 1.15. The molecule has 8 heteroatoms. The predicted molar refractivity (Wildman–Crippen MR) is 76.6 cm³/mol. The fraction of sp³-hybridized carbons (Fsp3) is 0.615. The van der Waals surface area contributed by atoms with E-state index in [1.165, 1.54) is 16.7 Å². The van der Waals surface area contributed by atoms with E-state index in [4.69, 9.17) is 4.74 Å². The number of aliphatic carboxylic acids is 1. The summed E-state index contributed by atoms with van der Waals surface area (Å²) >= 11 is 1.43. The summed E-state index contributed by atoms with van der Waals surface area (Å²) in [4.78, 5) is 36.3. The van der Waals surface area contributed by atoms with E-state index < -0.39 is 29.6 Å². The van der Waals surface area contributed by atoms with Crippen LogP contribution in [0.25, 0.3) is 0 Å². The average Bonchev–Trinajstić information content (AvgIpc) is 2.33. The molecule has 2 aliphatic rings. The lowest BCUT2D eigenvalue weighted by Gasteiger charge is -2.49. The highest BCUT2D eigenvalue weighted by molar-refractivity contribution is 8.00. The van der Waals surface area contributed by atoms with Gasteiger partial charge in [-0.3, -0.25) is 9.69 Å². The number of thioether (sulfide) groups is 1. The molecule has 2 heterocycles. The summed E-state index contributed by atoms with van der Waals surface area (Å²) in [6.45, 7) is 6.87. The number of nitrogens with zero attached hydrogens (tertiary/aromatic N) is 1. The monoisotopic (exact) mass is 314 g/mol. The van der Waals surface area contributed by atoms with Gasteiger partial charge in [-0.2, -0.15) is 0 Å². The zero-order valence-electron chi connectivity index (χ0n) is 12.3. The number of carbonyl (C=O) groups is 3. The van der Waals surface area contributed by atoms with Crippen molar-refractivity contribution in [2.24, 2.45) is 0 Å². The van der Waals surface area contributed by atoms with Crippen LogP contribution in [0.15, 0.2) is 11.3 Å². The molecule has 116 valence electrons. The molecule has 0 spiro atoms. The number of nitrogens with one attached hydrogen (secondary N) is 1. The molecule has 21 heavy (non-hydrogen) atoms. The van der Waals surface area contributed by atoms with Crippen molar-refractivity contribution in [1.82, 2.24) is 10.2 Å². The molecule has 0 radical (unpaired) electrons. The van der Waals surface area contributed by atoms with Gasteiger partial charge < -0.3 is 15.2 Å². The summed E-state index contributed by atoms with van der Waals surface area (Å²) in [6, 6.07) is -0.743. The molecule has 1 saturated heterocycles. The van der Waals surface area contributed by atoms with Crippen molar-refractivity contribution < 1.29 is 24.2 Å². The number of hydrogen-bond acceptors (Lipinski definition) is 5. The van der Waals surface area contributed by atoms with Gasteiger partial charge in [-0.25, -0.2) is 9.59 Å². The molecular formula is C13H18N2O5S. The van der Waals surface area contributed by atoms with Crippen molar-refractivity contribution in [2.75, 3.05) is 5.75 Å². The Morgan fingerprint density at radius 2 is 2.05 bits per heavy atom. The Labute approximate surface area is 126 Å². The molecule has 0 aromatic carbocycles. The number of carbonyl (C=O) groups excluding carboxylic acids is 2. The molecule has 1 fully saturated rings. The van der Waals surface area contributed by atoms with Gasteiger partial charge in [0.25, 0.3) is 5.91 Å². The summed E-state index contributed by atoms with van der Waals surface area (Å²) in [6.07, 6.45) is -0.677. The standard InChI is InChI=1S/C13H18N2O5S/c1-6-5-21-10-7(14-12(19)20-13(2,3)4)9(16)15(10)8(6)11(17)18/h7,10H,5H2,1-4H3,(H,14,19)(H,17,18)/t7-,10-/m1/s1. The fourth-order valence-electron chi connectivity index (χ4n) is 2.21. The highest BCUT2D eigenvalue weighted by Crippen LogP contribution is 2.40. The number of ether oxygens (including phenoxy) is 1. The second-order valence-corrected chi connectivity index (χ2v) is 7.07. The van der Waals surface area contributed by atoms with Crippen LogP contribution in [0, 0.1) is 0 Å². The first-order chi connectivity index (χ1) is 9.61. The highest BCUT2D eigenvalue weighted by atomic mass is 32.2. The Morgan fingerprint density at radius 3 is 2.57 bits per heavy atom. The lowest BCUT2D eigenvalue weighted by molar-refractivity contribution is -0.149. The number of fused-ring (bicyclic) bond motifs is 1. The van der Waals surface area contributed by atoms with E-state index in [0.717, 1.165) is 0 Å². The van der Waals surface area contributed by atoms with Crippen LogP contribution in [0.2, 0.25) is 0 Å². The van der Waals surface area contributed by atoms with Crippen LogP contribution in [0.5, 0.6) is 0 Å². The Balaban J connectivity index is 2.07. The number of carboxylic acids is 1. The fourth-order valence-corrected chi connectivity index (χ4v) is 3.50. The summed E-state index contributed by atoms with van der Waals surface area (Å²) in [5, 5.41) is 11.3. The second kappa shape index (κ2) is 5.25. The maximum atomic E-state index is 12.1. The van der Waals surface area contributed by atoms with Crippen molar-refractivity contribution in [3.63, 3.8) is 0 Å². The maximum Gasteiger partial charge on any atom is 0.408 e. The van der Waals surface area contributed by atoms with Gasteiger partial charge in [0, 0.05) is 5.75 Å². The van der Waals surface area contributed by atoms with Crippen LogP contribution in [-0.2, 0) is 14.3 Å². The molecule has 7 nitrogen and oxygen atoms in total. The number of rotatable bonds is 2. The molecule has 0 bridgehead atoms. The molecular weight excluding hydrogens is 296 g/mol. The Morgan fingerprint density at radius 1 is 1.43 bits per heavy atom. The number of amides is 2. The first-order valence-electron chi connectivity index (χ1n) is 6.49. The first-order valence-corrected chi connectivity index (χ1v) is 7.54. The molecule has 2 aliphatic heterocycles. The van der Waals surface area contributed by atoms with Crippen molar-refractivity contribution in [3.05, 3.63) is 11.3 Å². The van der Waals surface area contributed by atoms with E-state index in [2.05, 4.69) is 5.32 Å². The van der Waals surface area contributed by atoms with E-state index in [9.17, 15) is 19.5 Å². The quantitative estimate of drug-likeness (QED) is 0.742. The molecule has 0 aliphatic carbocycles. The largest absolute Gasteiger partial charge is 0.477 e. The van der Waals surface area contributed by atoms with Crippen LogP contribution >= 0.6 is 11.8 Å². The van der Waals surface area contributed by atoms with E-state index >= 15 is 0 Å². The van der Waals surface area contributed by atoms with Gasteiger partial charge in [-0.05, 0) is 33.3 Å². The summed E-state index contributed by atoms with van der Waals surface area (Å²) in [7, 11) is 0. The smallest absolute Gasteiger partial charge is 0.408 e. The van der Waals surface area contributed by atoms with Crippen LogP contribution in [0.4, 0.5) is 4.79 Å². The lowest BCUT2D eigenvalue weighted by Crippen LogP contribution is -2.70. The minimum Gasteiger partial charge on any atom is -0.477 e. The van der Waals surface area contributed by atoms with Gasteiger partial charge in [0.15, 0.2) is 0 Å². The summed E-state index contributed by atoms with van der Waals surface area (Å²) in [5.41, 5.74) is 0.0118. The molecule has 2 atom stereocenters. The maximum absolute atomic E-state index is 12.1. The van der Waals surface area contributed by atoms with Crippen molar-refractivity contribution >= 4 is 29.7 Å². The van der Waals surface area contributed by atoms with Gasteiger partial charge >= 0.3 is 12.1 Å². The van der Waals surface area contributed by atoms with E-state index in [0.29, 0.717) is 11.3 Å². The first kappa shape index (κ1) is 15.7. The Bertz CT molecular complexity index is 537. The van der Waals surface area contributed by atoms with Crippen LogP contribution in [0.3, 0.4) is 0 Å². The molecule has 0 unspecified atom stereocenters. The van der Waals surface area contributed by atoms with E-state index in [1.807, 2.05) is 0 Å². The van der Waals surface area contributed by atoms with E-state index in [-0.39, 0.29) is 11.1 Å². The van der Waals surface area contributed by atoms with Gasteiger partial charge in [0.1, 0.15) is 22.7 Å². The van der Waals surface area contributed by atoms with Crippen LogP contribution < -0.4 is 5.32 Å². The van der Waals surface area contributed by atoms with Gasteiger partial charge in [-0.1, -0.05) is 0 Å². The molecule has 2 N–H and O–H groups in total. The summed E-state index contributed by atoms with van der Waals surface area (Å²) < 4.78 is 5.11. The van der Waals surface area contributed by atoms with Crippen molar-refractivity contribution in [1.29, 1.82) is 0 Å². The lowest BCUT2D eigenvalue weighted by atomic mass is 10.0. The highest BCUT2D eigenvalue weighted by Gasteiger charge is 2.54. The molecule has 2 rings (SSSR count).